The number of anilines is 2. The number of hydrogen-bond donors (Lipinski definition) is 1. The molecular formula is C23H23Cl2N5O2. The van der Waals surface area contributed by atoms with Crippen LogP contribution < -0.4 is 10.6 Å². The Morgan fingerprint density at radius 2 is 2.12 bits per heavy atom. The first kappa shape index (κ1) is 20.1. The summed E-state index contributed by atoms with van der Waals surface area (Å²) in [5.74, 6) is 0.269. The lowest BCUT2D eigenvalue weighted by molar-refractivity contribution is -0.136. The molecule has 0 bridgehead atoms. The minimum atomic E-state index is -0.0544. The van der Waals surface area contributed by atoms with Crippen LogP contribution in [0.4, 0.5) is 11.7 Å². The summed E-state index contributed by atoms with van der Waals surface area (Å²) < 4.78 is 5.62. The molecule has 1 saturated carbocycles. The average molecular weight is 472 g/mol. The van der Waals surface area contributed by atoms with Crippen molar-refractivity contribution in [1.29, 1.82) is 0 Å². The topological polar surface area (TPSA) is 88.5 Å². The highest BCUT2D eigenvalue weighted by molar-refractivity contribution is 6.35. The van der Waals surface area contributed by atoms with Gasteiger partial charge in [-0.2, -0.15) is 4.98 Å². The molecule has 6 rings (SSSR count). The maximum Gasteiger partial charge on any atom is 0.293 e. The second-order valence-electron chi connectivity index (χ2n) is 9.27. The number of fused-ring (bicyclic) bond motifs is 2. The summed E-state index contributed by atoms with van der Waals surface area (Å²) in [6.45, 7) is 4.42. The Hall–Kier alpha value is -2.51. The monoisotopic (exact) mass is 471 g/mol. The SMILES string of the molecule is C[C@H]1c2c(Cl)cc(Cl)cc2CCN1C(=O)[C@@H]1C[C@]12CCN(c1cncc3nc(N)oc13)C2. The maximum absolute atomic E-state index is 13.6. The van der Waals surface area contributed by atoms with Crippen LogP contribution in [0.5, 0.6) is 0 Å². The molecule has 166 valence electrons. The Morgan fingerprint density at radius 1 is 1.28 bits per heavy atom. The minimum Gasteiger partial charge on any atom is -0.421 e. The Morgan fingerprint density at radius 3 is 2.97 bits per heavy atom. The number of oxazole rings is 1. The molecule has 7 nitrogen and oxygen atoms in total. The van der Waals surface area contributed by atoms with E-state index in [1.807, 2.05) is 11.0 Å². The number of carbonyl (C=O) groups is 1. The number of hydrogen-bond acceptors (Lipinski definition) is 6. The van der Waals surface area contributed by atoms with Crippen LogP contribution in [-0.4, -0.2) is 40.4 Å². The minimum absolute atomic E-state index is 0.00853. The van der Waals surface area contributed by atoms with Crippen molar-refractivity contribution in [2.24, 2.45) is 11.3 Å². The summed E-state index contributed by atoms with van der Waals surface area (Å²) >= 11 is 12.7. The van der Waals surface area contributed by atoms with Crippen molar-refractivity contribution in [3.8, 4) is 0 Å². The fourth-order valence-corrected chi connectivity index (χ4v) is 6.43. The Kier molecular flexibility index (Phi) is 4.40. The van der Waals surface area contributed by atoms with Crippen molar-refractivity contribution < 1.29 is 9.21 Å². The summed E-state index contributed by atoms with van der Waals surface area (Å²) in [7, 11) is 0. The van der Waals surface area contributed by atoms with E-state index in [1.165, 1.54) is 0 Å². The van der Waals surface area contributed by atoms with E-state index in [9.17, 15) is 4.79 Å². The van der Waals surface area contributed by atoms with E-state index in [1.54, 1.807) is 18.5 Å². The first-order valence-electron chi connectivity index (χ1n) is 10.9. The second-order valence-corrected chi connectivity index (χ2v) is 10.1. The van der Waals surface area contributed by atoms with Gasteiger partial charge < -0.3 is 20.0 Å². The average Bonchev–Trinajstić information content (AvgIpc) is 3.06. The third-order valence-corrected chi connectivity index (χ3v) is 8.01. The molecule has 2 aliphatic heterocycles. The van der Waals surface area contributed by atoms with Gasteiger partial charge in [-0.3, -0.25) is 9.78 Å². The molecule has 1 spiro atoms. The smallest absolute Gasteiger partial charge is 0.293 e. The molecule has 2 fully saturated rings. The molecule has 9 heteroatoms. The van der Waals surface area contributed by atoms with Crippen molar-refractivity contribution in [1.82, 2.24) is 14.9 Å². The quantitative estimate of drug-likeness (QED) is 0.592. The van der Waals surface area contributed by atoms with Gasteiger partial charge >= 0.3 is 0 Å². The van der Waals surface area contributed by atoms with Gasteiger partial charge in [-0.05, 0) is 49.4 Å². The van der Waals surface area contributed by atoms with Gasteiger partial charge in [0.15, 0.2) is 5.58 Å². The van der Waals surface area contributed by atoms with Crippen molar-refractivity contribution in [2.45, 2.75) is 32.2 Å². The summed E-state index contributed by atoms with van der Waals surface area (Å²) in [4.78, 5) is 26.3. The number of rotatable bonds is 2. The van der Waals surface area contributed by atoms with Crippen LogP contribution in [0, 0.1) is 11.3 Å². The second kappa shape index (κ2) is 6.99. The third-order valence-electron chi connectivity index (χ3n) is 7.48. The van der Waals surface area contributed by atoms with E-state index in [2.05, 4.69) is 21.8 Å². The highest BCUT2D eigenvalue weighted by atomic mass is 35.5. The number of nitrogens with two attached hydrogens (primary N) is 1. The van der Waals surface area contributed by atoms with Crippen LogP contribution in [0.25, 0.3) is 11.1 Å². The first-order valence-corrected chi connectivity index (χ1v) is 11.7. The molecular weight excluding hydrogens is 449 g/mol. The number of amides is 1. The number of aromatic nitrogens is 2. The van der Waals surface area contributed by atoms with Gasteiger partial charge in [0.05, 0.1) is 18.4 Å². The Labute approximate surface area is 195 Å². The molecule has 3 atom stereocenters. The van der Waals surface area contributed by atoms with Crippen LogP contribution in [0.15, 0.2) is 28.9 Å². The zero-order valence-electron chi connectivity index (χ0n) is 17.6. The Balaban J connectivity index is 1.21. The summed E-state index contributed by atoms with van der Waals surface area (Å²) in [5.41, 5.74) is 10.1. The largest absolute Gasteiger partial charge is 0.421 e. The molecule has 32 heavy (non-hydrogen) atoms. The highest BCUT2D eigenvalue weighted by Gasteiger charge is 2.62. The Bertz CT molecular complexity index is 1260. The predicted octanol–water partition coefficient (Wildman–Crippen LogP) is 4.47. The molecule has 0 radical (unpaired) electrons. The van der Waals surface area contributed by atoms with E-state index < -0.39 is 0 Å². The van der Waals surface area contributed by atoms with Crippen molar-refractivity contribution >= 4 is 51.9 Å². The van der Waals surface area contributed by atoms with Crippen LogP contribution >= 0.6 is 23.2 Å². The van der Waals surface area contributed by atoms with Crippen molar-refractivity contribution in [3.05, 3.63) is 45.7 Å². The summed E-state index contributed by atoms with van der Waals surface area (Å²) in [6, 6.07) is 3.83. The van der Waals surface area contributed by atoms with E-state index in [4.69, 9.17) is 33.4 Å². The van der Waals surface area contributed by atoms with Gasteiger partial charge in [-0.15, -0.1) is 0 Å². The fourth-order valence-electron chi connectivity index (χ4n) is 5.74. The third kappa shape index (κ3) is 2.98. The van der Waals surface area contributed by atoms with Gasteiger partial charge in [0, 0.05) is 41.0 Å². The van der Waals surface area contributed by atoms with Crippen LogP contribution in [0.1, 0.15) is 36.9 Å². The van der Waals surface area contributed by atoms with Gasteiger partial charge in [0.1, 0.15) is 11.2 Å². The molecule has 1 saturated heterocycles. The highest BCUT2D eigenvalue weighted by Crippen LogP contribution is 2.60. The molecule has 1 aromatic carbocycles. The fraction of sp³-hybridized carbons (Fsp3) is 0.435. The number of nitrogen functional groups attached to an aromatic ring is 1. The van der Waals surface area contributed by atoms with Crippen molar-refractivity contribution in [2.75, 3.05) is 30.3 Å². The summed E-state index contributed by atoms with van der Waals surface area (Å²) in [5, 5.41) is 1.29. The zero-order chi connectivity index (χ0) is 22.2. The normalized spacial score (nSPS) is 26.7. The molecule has 2 aromatic heterocycles. The van der Waals surface area contributed by atoms with Gasteiger partial charge in [-0.1, -0.05) is 23.2 Å². The number of benzene rings is 1. The van der Waals surface area contributed by atoms with Gasteiger partial charge in [0.2, 0.25) is 5.91 Å². The summed E-state index contributed by atoms with van der Waals surface area (Å²) in [6.07, 6.45) is 6.11. The molecule has 0 unspecified atom stereocenters. The van der Waals surface area contributed by atoms with E-state index in [0.717, 1.165) is 49.2 Å². The molecule has 3 aliphatic rings. The number of halogens is 2. The molecule has 1 aliphatic carbocycles. The van der Waals surface area contributed by atoms with Crippen LogP contribution in [-0.2, 0) is 11.2 Å². The van der Waals surface area contributed by atoms with Crippen LogP contribution in [0.2, 0.25) is 10.0 Å². The van der Waals surface area contributed by atoms with Crippen molar-refractivity contribution in [3.63, 3.8) is 0 Å². The molecule has 1 amide bonds. The maximum atomic E-state index is 13.6. The van der Waals surface area contributed by atoms with E-state index in [0.29, 0.717) is 27.7 Å². The zero-order valence-corrected chi connectivity index (χ0v) is 19.2. The molecule has 2 N–H and O–H groups in total. The van der Waals surface area contributed by atoms with Gasteiger partial charge in [0.25, 0.3) is 6.01 Å². The molecule has 3 aromatic rings. The number of nitrogens with zero attached hydrogens (tertiary/aromatic N) is 4. The van der Waals surface area contributed by atoms with E-state index in [-0.39, 0.29) is 29.3 Å². The lowest BCUT2D eigenvalue weighted by Crippen LogP contribution is -2.41. The van der Waals surface area contributed by atoms with E-state index >= 15 is 0 Å². The first-order chi connectivity index (χ1) is 15.4. The number of carbonyl (C=O) groups excluding carboxylic acids is 1. The molecule has 4 heterocycles. The lowest BCUT2D eigenvalue weighted by Gasteiger charge is -2.36. The standard InChI is InChI=1S/C23H23Cl2N5O2/c1-12-19-13(6-14(24)7-16(19)25)2-4-30(12)21(31)15-8-23(15)3-5-29(11-23)18-10-27-9-17-20(18)32-22(26)28-17/h6-7,9-10,12,15H,2-5,8,11H2,1H3,(H2,26,28)/t12-,15-,23-/m0/s1. The van der Waals surface area contributed by atoms with Crippen LogP contribution in [0.3, 0.4) is 0 Å². The number of pyridine rings is 1. The lowest BCUT2D eigenvalue weighted by atomic mass is 9.92. The predicted molar refractivity (Wildman–Crippen MR) is 124 cm³/mol. The van der Waals surface area contributed by atoms with Gasteiger partial charge in [-0.25, -0.2) is 0 Å².